The summed E-state index contributed by atoms with van der Waals surface area (Å²) in [6.45, 7) is 16.1. The third-order valence-electron chi connectivity index (χ3n) is 5.18. The first-order valence-electron chi connectivity index (χ1n) is 9.27. The highest BCUT2D eigenvalue weighted by Gasteiger charge is 2.63. The van der Waals surface area contributed by atoms with Gasteiger partial charge in [0, 0.05) is 32.0 Å². The maximum Gasteiger partial charge on any atom is 0.123 e. The van der Waals surface area contributed by atoms with Gasteiger partial charge in [-0.05, 0) is 54.9 Å². The van der Waals surface area contributed by atoms with Gasteiger partial charge in [-0.1, -0.05) is 0 Å². The van der Waals surface area contributed by atoms with Crippen LogP contribution in [0.1, 0.15) is 54.9 Å². The van der Waals surface area contributed by atoms with Gasteiger partial charge in [0.2, 0.25) is 0 Å². The molecule has 0 N–H and O–H groups in total. The van der Waals surface area contributed by atoms with Gasteiger partial charge in [0.15, 0.2) is 0 Å². The molecule has 2 aliphatic heterocycles. The Labute approximate surface area is 149 Å². The molecule has 6 heteroatoms. The number of nitrogens with zero attached hydrogens (tertiary/aromatic N) is 1. The molecule has 5 nitrogen and oxygen atoms in total. The van der Waals surface area contributed by atoms with E-state index in [-0.39, 0.29) is 30.0 Å². The first kappa shape index (κ1) is 20.5. The number of fused-ring (bicyclic) bond motifs is 2. The Morgan fingerprint density at radius 1 is 1.17 bits per heavy atom. The van der Waals surface area contributed by atoms with E-state index in [1.54, 1.807) is 7.11 Å². The highest BCUT2D eigenvalue weighted by molar-refractivity contribution is 7.50. The van der Waals surface area contributed by atoms with Crippen molar-refractivity contribution in [2.45, 2.75) is 97.0 Å². The molecule has 0 saturated carbocycles. The van der Waals surface area contributed by atoms with Crippen molar-refractivity contribution in [1.82, 2.24) is 4.67 Å². The quantitative estimate of drug-likeness (QED) is 0.461. The molecule has 0 radical (unpaired) electrons. The third kappa shape index (κ3) is 3.97. The fraction of sp³-hybridized carbons (Fsp3) is 1.00. The predicted octanol–water partition coefficient (Wildman–Crippen LogP) is 3.80. The fourth-order valence-electron chi connectivity index (χ4n) is 3.96. The highest BCUT2D eigenvalue weighted by Crippen LogP contribution is 2.54. The molecule has 2 saturated heterocycles. The SMILES string of the molecule is COCCCP(O[C@H]1[C@H]2O[C@@H](C)[C@]1(C)O[C@H]2C)N(C(C)C)C(C)C. The van der Waals surface area contributed by atoms with Gasteiger partial charge >= 0.3 is 0 Å². The molecule has 2 rings (SSSR count). The van der Waals surface area contributed by atoms with Crippen LogP contribution in [-0.2, 0) is 18.7 Å². The Morgan fingerprint density at radius 2 is 1.79 bits per heavy atom. The average molecular weight is 361 g/mol. The van der Waals surface area contributed by atoms with Crippen LogP contribution in [0.2, 0.25) is 0 Å². The van der Waals surface area contributed by atoms with Crippen molar-refractivity contribution in [3.8, 4) is 0 Å². The van der Waals surface area contributed by atoms with Gasteiger partial charge in [0.1, 0.15) is 26.1 Å². The Balaban J connectivity index is 2.15. The lowest BCUT2D eigenvalue weighted by Gasteiger charge is -2.40. The molecular formula is C18H36NO4P. The van der Waals surface area contributed by atoms with Crippen LogP contribution in [0, 0.1) is 0 Å². The minimum atomic E-state index is -0.715. The average Bonchev–Trinajstić information content (AvgIpc) is 2.84. The van der Waals surface area contributed by atoms with Crippen molar-refractivity contribution in [3.05, 3.63) is 0 Å². The van der Waals surface area contributed by atoms with Gasteiger partial charge in [-0.2, -0.15) is 0 Å². The Morgan fingerprint density at radius 3 is 2.25 bits per heavy atom. The first-order valence-corrected chi connectivity index (χ1v) is 10.7. The van der Waals surface area contributed by atoms with Crippen molar-refractivity contribution >= 4 is 8.30 Å². The smallest absolute Gasteiger partial charge is 0.123 e. The molecule has 0 spiro atoms. The van der Waals surface area contributed by atoms with Gasteiger partial charge in [0.05, 0.1) is 12.2 Å². The van der Waals surface area contributed by atoms with Crippen LogP contribution in [0.5, 0.6) is 0 Å². The molecule has 2 fully saturated rings. The van der Waals surface area contributed by atoms with E-state index in [1.807, 2.05) is 0 Å². The molecule has 24 heavy (non-hydrogen) atoms. The zero-order valence-corrected chi connectivity index (χ0v) is 17.5. The van der Waals surface area contributed by atoms with Gasteiger partial charge in [-0.15, -0.1) is 0 Å². The number of methoxy groups -OCH3 is 1. The van der Waals surface area contributed by atoms with E-state index in [0.29, 0.717) is 12.1 Å². The lowest BCUT2D eigenvalue weighted by molar-refractivity contribution is -0.167. The van der Waals surface area contributed by atoms with Crippen LogP contribution in [0.15, 0.2) is 0 Å². The van der Waals surface area contributed by atoms with Crippen LogP contribution < -0.4 is 0 Å². The lowest BCUT2D eigenvalue weighted by Crippen LogP contribution is -2.44. The van der Waals surface area contributed by atoms with Crippen molar-refractivity contribution in [1.29, 1.82) is 0 Å². The highest BCUT2D eigenvalue weighted by atomic mass is 31.2. The first-order chi connectivity index (χ1) is 11.2. The van der Waals surface area contributed by atoms with Crippen molar-refractivity contribution < 1.29 is 18.7 Å². The largest absolute Gasteiger partial charge is 0.385 e. The number of hydrogen-bond acceptors (Lipinski definition) is 5. The Kier molecular flexibility index (Phi) is 7.09. The standard InChI is InChI=1S/C18H36NO4P/c1-12(2)19(13(3)4)24(11-9-10-20-8)23-17-16-14(5)22-18(17,7)15(6)21-16/h12-17H,9-11H2,1-8H3/t14-,15-,16-,17-,18-,24?/m0/s1. The van der Waals surface area contributed by atoms with Crippen LogP contribution in [-0.4, -0.2) is 66.6 Å². The summed E-state index contributed by atoms with van der Waals surface area (Å²) in [5, 5.41) is 0. The molecule has 0 aromatic heterocycles. The Bertz CT molecular complexity index is 400. The fourth-order valence-corrected chi connectivity index (χ4v) is 6.43. The molecule has 2 heterocycles. The second kappa shape index (κ2) is 8.28. The molecule has 0 amide bonds. The molecule has 2 bridgehead atoms. The molecule has 2 aliphatic rings. The predicted molar refractivity (Wildman–Crippen MR) is 98.6 cm³/mol. The van der Waals surface area contributed by atoms with Crippen LogP contribution >= 0.6 is 8.30 Å². The monoisotopic (exact) mass is 361 g/mol. The van der Waals surface area contributed by atoms with E-state index in [2.05, 4.69) is 53.1 Å². The number of ether oxygens (including phenoxy) is 3. The Hall–Kier alpha value is 0.230. The normalized spacial score (nSPS) is 37.1. The van der Waals surface area contributed by atoms with Gasteiger partial charge in [0.25, 0.3) is 0 Å². The van der Waals surface area contributed by atoms with Gasteiger partial charge in [-0.25, -0.2) is 0 Å². The lowest BCUT2D eigenvalue weighted by atomic mass is 9.96. The summed E-state index contributed by atoms with van der Waals surface area (Å²) in [7, 11) is 1.04. The molecule has 142 valence electrons. The summed E-state index contributed by atoms with van der Waals surface area (Å²) in [4.78, 5) is 0. The van der Waals surface area contributed by atoms with E-state index >= 15 is 0 Å². The van der Waals surface area contributed by atoms with Crippen molar-refractivity contribution in [2.75, 3.05) is 19.9 Å². The second-order valence-corrected chi connectivity index (χ2v) is 9.59. The zero-order chi connectivity index (χ0) is 18.1. The summed E-state index contributed by atoms with van der Waals surface area (Å²) in [6, 6.07) is 0.893. The molecular weight excluding hydrogens is 325 g/mol. The van der Waals surface area contributed by atoms with Crippen LogP contribution in [0.25, 0.3) is 0 Å². The summed E-state index contributed by atoms with van der Waals surface area (Å²) < 4.78 is 26.9. The minimum absolute atomic E-state index is 0.0103. The third-order valence-corrected chi connectivity index (χ3v) is 7.79. The van der Waals surface area contributed by atoms with Crippen molar-refractivity contribution in [3.63, 3.8) is 0 Å². The summed E-state index contributed by atoms with van der Waals surface area (Å²) in [5.74, 6) is 0. The second-order valence-electron chi connectivity index (χ2n) is 7.77. The zero-order valence-electron chi connectivity index (χ0n) is 16.6. The van der Waals surface area contributed by atoms with Gasteiger partial charge in [-0.3, -0.25) is 4.67 Å². The van der Waals surface area contributed by atoms with E-state index in [4.69, 9.17) is 18.7 Å². The number of rotatable bonds is 9. The topological polar surface area (TPSA) is 40.2 Å². The van der Waals surface area contributed by atoms with Crippen molar-refractivity contribution in [2.24, 2.45) is 0 Å². The molecule has 0 aliphatic carbocycles. The van der Waals surface area contributed by atoms with Gasteiger partial charge < -0.3 is 18.7 Å². The number of hydrogen-bond donors (Lipinski definition) is 0. The summed E-state index contributed by atoms with van der Waals surface area (Å²) in [6.07, 6.45) is 2.25. The maximum atomic E-state index is 6.76. The van der Waals surface area contributed by atoms with E-state index in [1.165, 1.54) is 0 Å². The molecule has 6 atom stereocenters. The maximum absolute atomic E-state index is 6.76. The van der Waals surface area contributed by atoms with Crippen LogP contribution in [0.3, 0.4) is 0 Å². The van der Waals surface area contributed by atoms with Crippen LogP contribution in [0.4, 0.5) is 0 Å². The summed E-state index contributed by atoms with van der Waals surface area (Å²) >= 11 is 0. The van der Waals surface area contributed by atoms with E-state index in [0.717, 1.165) is 19.2 Å². The molecule has 0 aromatic rings. The van der Waals surface area contributed by atoms with E-state index < -0.39 is 8.30 Å². The van der Waals surface area contributed by atoms with E-state index in [9.17, 15) is 0 Å². The summed E-state index contributed by atoms with van der Waals surface area (Å²) in [5.41, 5.74) is -0.342. The minimum Gasteiger partial charge on any atom is -0.385 e. The molecule has 0 aromatic carbocycles. The molecule has 1 unspecified atom stereocenters.